The SMILES string of the molecule is O=C1/C(=C/c2ccc(OCCN3CCCC3)cc2)Oc2ccccc21. The molecular weight excluding hydrogens is 314 g/mol. The van der Waals surface area contributed by atoms with Crippen LogP contribution in [-0.4, -0.2) is 36.9 Å². The zero-order valence-electron chi connectivity index (χ0n) is 14.1. The van der Waals surface area contributed by atoms with Crippen LogP contribution >= 0.6 is 0 Å². The Morgan fingerprint density at radius 2 is 1.80 bits per heavy atom. The van der Waals surface area contributed by atoms with Crippen molar-refractivity contribution < 1.29 is 14.3 Å². The summed E-state index contributed by atoms with van der Waals surface area (Å²) in [6.45, 7) is 4.06. The Bertz CT molecular complexity index is 789. The molecule has 0 aliphatic carbocycles. The Balaban J connectivity index is 1.37. The van der Waals surface area contributed by atoms with E-state index in [1.54, 1.807) is 12.1 Å². The summed E-state index contributed by atoms with van der Waals surface area (Å²) in [5.41, 5.74) is 1.54. The molecule has 0 amide bonds. The third-order valence-corrected chi connectivity index (χ3v) is 4.63. The zero-order valence-corrected chi connectivity index (χ0v) is 14.1. The molecule has 0 aromatic heterocycles. The first-order valence-electron chi connectivity index (χ1n) is 8.78. The summed E-state index contributed by atoms with van der Waals surface area (Å²) in [6.07, 6.45) is 4.37. The molecule has 1 saturated heterocycles. The molecule has 4 rings (SSSR count). The molecule has 0 N–H and O–H groups in total. The minimum atomic E-state index is -0.0680. The molecule has 128 valence electrons. The van der Waals surface area contributed by atoms with Gasteiger partial charge in [0, 0.05) is 6.54 Å². The molecule has 4 heteroatoms. The van der Waals surface area contributed by atoms with E-state index in [4.69, 9.17) is 9.47 Å². The first-order valence-corrected chi connectivity index (χ1v) is 8.78. The minimum absolute atomic E-state index is 0.0680. The van der Waals surface area contributed by atoms with Crippen molar-refractivity contribution in [2.75, 3.05) is 26.2 Å². The van der Waals surface area contributed by atoms with Crippen molar-refractivity contribution in [2.45, 2.75) is 12.8 Å². The highest BCUT2D eigenvalue weighted by atomic mass is 16.5. The standard InChI is InChI=1S/C21H21NO3/c23-21-18-5-1-2-6-19(18)25-20(21)15-16-7-9-17(10-8-16)24-14-13-22-11-3-4-12-22/h1-2,5-10,15H,3-4,11-14H2/b20-15-. The predicted molar refractivity (Wildman–Crippen MR) is 97.0 cm³/mol. The van der Waals surface area contributed by atoms with E-state index in [1.165, 1.54) is 25.9 Å². The Kier molecular flexibility index (Phi) is 4.53. The van der Waals surface area contributed by atoms with Gasteiger partial charge in [0.2, 0.25) is 5.78 Å². The number of hydrogen-bond acceptors (Lipinski definition) is 4. The van der Waals surface area contributed by atoms with Gasteiger partial charge in [-0.3, -0.25) is 9.69 Å². The maximum Gasteiger partial charge on any atom is 0.231 e. The van der Waals surface area contributed by atoms with Gasteiger partial charge in [-0.05, 0) is 61.8 Å². The lowest BCUT2D eigenvalue weighted by Crippen LogP contribution is -2.25. The van der Waals surface area contributed by atoms with E-state index < -0.39 is 0 Å². The van der Waals surface area contributed by atoms with Gasteiger partial charge in [-0.2, -0.15) is 0 Å². The summed E-state index contributed by atoms with van der Waals surface area (Å²) in [7, 11) is 0. The summed E-state index contributed by atoms with van der Waals surface area (Å²) in [4.78, 5) is 14.7. The molecule has 1 fully saturated rings. The zero-order chi connectivity index (χ0) is 17.1. The van der Waals surface area contributed by atoms with E-state index in [1.807, 2.05) is 42.5 Å². The molecule has 2 heterocycles. The maximum atomic E-state index is 12.3. The number of fused-ring (bicyclic) bond motifs is 1. The van der Waals surface area contributed by atoms with E-state index in [9.17, 15) is 4.79 Å². The van der Waals surface area contributed by atoms with E-state index in [0.717, 1.165) is 17.9 Å². The summed E-state index contributed by atoms with van der Waals surface area (Å²) < 4.78 is 11.5. The fourth-order valence-corrected chi connectivity index (χ4v) is 3.25. The lowest BCUT2D eigenvalue weighted by molar-refractivity contribution is 0.101. The number of allylic oxidation sites excluding steroid dienone is 1. The van der Waals surface area contributed by atoms with Crippen LogP contribution in [0.5, 0.6) is 11.5 Å². The van der Waals surface area contributed by atoms with Crippen molar-refractivity contribution in [3.05, 3.63) is 65.4 Å². The Hall–Kier alpha value is -2.59. The third-order valence-electron chi connectivity index (χ3n) is 4.63. The number of ketones is 1. The van der Waals surface area contributed by atoms with E-state index in [0.29, 0.717) is 23.7 Å². The molecule has 4 nitrogen and oxygen atoms in total. The molecule has 2 aliphatic rings. The van der Waals surface area contributed by atoms with Crippen LogP contribution in [0.3, 0.4) is 0 Å². The van der Waals surface area contributed by atoms with E-state index >= 15 is 0 Å². The van der Waals surface area contributed by atoms with Crippen LogP contribution in [0.1, 0.15) is 28.8 Å². The van der Waals surface area contributed by atoms with Gasteiger partial charge in [0.05, 0.1) is 5.56 Å². The predicted octanol–water partition coefficient (Wildman–Crippen LogP) is 3.78. The number of likely N-dealkylation sites (tertiary alicyclic amines) is 1. The smallest absolute Gasteiger partial charge is 0.231 e. The van der Waals surface area contributed by atoms with Gasteiger partial charge >= 0.3 is 0 Å². The highest BCUT2D eigenvalue weighted by Gasteiger charge is 2.26. The van der Waals surface area contributed by atoms with Crippen LogP contribution in [0.25, 0.3) is 6.08 Å². The maximum absolute atomic E-state index is 12.3. The van der Waals surface area contributed by atoms with Crippen molar-refractivity contribution in [2.24, 2.45) is 0 Å². The van der Waals surface area contributed by atoms with E-state index in [-0.39, 0.29) is 5.78 Å². The molecule has 25 heavy (non-hydrogen) atoms. The van der Waals surface area contributed by atoms with Crippen molar-refractivity contribution in [1.82, 2.24) is 4.90 Å². The number of benzene rings is 2. The molecule has 0 bridgehead atoms. The summed E-state index contributed by atoms with van der Waals surface area (Å²) in [5.74, 6) is 1.77. The van der Waals surface area contributed by atoms with Crippen molar-refractivity contribution in [1.29, 1.82) is 0 Å². The monoisotopic (exact) mass is 335 g/mol. The number of Topliss-reactive ketones (excluding diaryl/α,β-unsaturated/α-hetero) is 1. The van der Waals surface area contributed by atoms with Gasteiger partial charge < -0.3 is 9.47 Å². The largest absolute Gasteiger partial charge is 0.492 e. The van der Waals surface area contributed by atoms with Gasteiger partial charge in [-0.1, -0.05) is 24.3 Å². The molecule has 0 radical (unpaired) electrons. The van der Waals surface area contributed by atoms with Crippen LogP contribution in [0.15, 0.2) is 54.3 Å². The average Bonchev–Trinajstić information content (AvgIpc) is 3.26. The van der Waals surface area contributed by atoms with E-state index in [2.05, 4.69) is 4.90 Å². The second-order valence-electron chi connectivity index (χ2n) is 6.40. The number of ether oxygens (including phenoxy) is 2. The number of nitrogens with zero attached hydrogens (tertiary/aromatic N) is 1. The molecule has 2 aliphatic heterocycles. The first kappa shape index (κ1) is 15.9. The van der Waals surface area contributed by atoms with Crippen LogP contribution in [0, 0.1) is 0 Å². The number of carbonyl (C=O) groups excluding carboxylic acids is 1. The number of rotatable bonds is 5. The van der Waals surface area contributed by atoms with Gasteiger partial charge in [0.15, 0.2) is 5.76 Å². The molecule has 2 aromatic carbocycles. The van der Waals surface area contributed by atoms with Crippen LogP contribution in [-0.2, 0) is 0 Å². The highest BCUT2D eigenvalue weighted by Crippen LogP contribution is 2.31. The lowest BCUT2D eigenvalue weighted by Gasteiger charge is -2.14. The van der Waals surface area contributed by atoms with Gasteiger partial charge in [0.25, 0.3) is 0 Å². The average molecular weight is 335 g/mol. The number of para-hydroxylation sites is 1. The summed E-state index contributed by atoms with van der Waals surface area (Å²) >= 11 is 0. The molecule has 0 unspecified atom stereocenters. The minimum Gasteiger partial charge on any atom is -0.492 e. The Morgan fingerprint density at radius 3 is 2.56 bits per heavy atom. The number of carbonyl (C=O) groups is 1. The molecule has 0 spiro atoms. The topological polar surface area (TPSA) is 38.8 Å². The fourth-order valence-electron chi connectivity index (χ4n) is 3.25. The molecule has 2 aromatic rings. The van der Waals surface area contributed by atoms with Gasteiger partial charge in [0.1, 0.15) is 18.1 Å². The lowest BCUT2D eigenvalue weighted by atomic mass is 10.1. The normalized spacial score (nSPS) is 18.4. The summed E-state index contributed by atoms with van der Waals surface area (Å²) in [5, 5.41) is 0. The second-order valence-corrected chi connectivity index (χ2v) is 6.40. The first-order chi connectivity index (χ1) is 12.3. The quantitative estimate of drug-likeness (QED) is 0.780. The molecule has 0 saturated carbocycles. The van der Waals surface area contributed by atoms with Crippen molar-refractivity contribution >= 4 is 11.9 Å². The third kappa shape index (κ3) is 3.59. The Labute approximate surface area is 147 Å². The van der Waals surface area contributed by atoms with Gasteiger partial charge in [-0.25, -0.2) is 0 Å². The number of hydrogen-bond donors (Lipinski definition) is 0. The van der Waals surface area contributed by atoms with Crippen LogP contribution < -0.4 is 9.47 Å². The Morgan fingerprint density at radius 1 is 1.04 bits per heavy atom. The molecule has 0 atom stereocenters. The van der Waals surface area contributed by atoms with Gasteiger partial charge in [-0.15, -0.1) is 0 Å². The fraction of sp³-hybridized carbons (Fsp3) is 0.286. The molecular formula is C21H21NO3. The van der Waals surface area contributed by atoms with Crippen molar-refractivity contribution in [3.63, 3.8) is 0 Å². The van der Waals surface area contributed by atoms with Crippen LogP contribution in [0.4, 0.5) is 0 Å². The van der Waals surface area contributed by atoms with Crippen molar-refractivity contribution in [3.8, 4) is 11.5 Å². The van der Waals surface area contributed by atoms with Crippen LogP contribution in [0.2, 0.25) is 0 Å². The highest BCUT2D eigenvalue weighted by molar-refractivity contribution is 6.14. The summed E-state index contributed by atoms with van der Waals surface area (Å²) in [6, 6.07) is 15.1. The second kappa shape index (κ2) is 7.11.